The molecule has 0 unspecified atom stereocenters. The van der Waals surface area contributed by atoms with Gasteiger partial charge in [0.05, 0.1) is 0 Å². The summed E-state index contributed by atoms with van der Waals surface area (Å²) < 4.78 is 0. The molecule has 0 atom stereocenters. The standard InChI is InChI=1S/C14H20N2O2/c1-13(2)11(14(13,3)4)8-16-9-5-6-15-10(7-9)12(17)18/h5-7,11H,8H2,1-4H3,(H,15,16)(H,17,18). The van der Waals surface area contributed by atoms with Crippen molar-refractivity contribution in [2.24, 2.45) is 16.7 Å². The monoisotopic (exact) mass is 248 g/mol. The Morgan fingerprint density at radius 3 is 2.50 bits per heavy atom. The molecular weight excluding hydrogens is 228 g/mol. The van der Waals surface area contributed by atoms with Crippen LogP contribution in [0.25, 0.3) is 0 Å². The molecule has 4 heteroatoms. The lowest BCUT2D eigenvalue weighted by atomic mass is 10.0. The van der Waals surface area contributed by atoms with E-state index in [1.807, 2.05) is 0 Å². The molecule has 18 heavy (non-hydrogen) atoms. The molecule has 1 saturated carbocycles. The molecule has 1 heterocycles. The number of rotatable bonds is 4. The van der Waals surface area contributed by atoms with Crippen molar-refractivity contribution in [3.63, 3.8) is 0 Å². The number of pyridine rings is 1. The molecule has 1 aromatic heterocycles. The topological polar surface area (TPSA) is 62.2 Å². The summed E-state index contributed by atoms with van der Waals surface area (Å²) in [7, 11) is 0. The third kappa shape index (κ3) is 1.96. The summed E-state index contributed by atoms with van der Waals surface area (Å²) in [5.41, 5.74) is 1.57. The Labute approximate surface area is 107 Å². The predicted molar refractivity (Wildman–Crippen MR) is 70.7 cm³/mol. The van der Waals surface area contributed by atoms with Crippen molar-refractivity contribution in [1.29, 1.82) is 0 Å². The summed E-state index contributed by atoms with van der Waals surface area (Å²) in [6, 6.07) is 3.37. The molecule has 0 aromatic carbocycles. The van der Waals surface area contributed by atoms with Crippen LogP contribution in [0.1, 0.15) is 38.2 Å². The highest BCUT2D eigenvalue weighted by molar-refractivity contribution is 5.86. The highest BCUT2D eigenvalue weighted by atomic mass is 16.4. The van der Waals surface area contributed by atoms with E-state index in [-0.39, 0.29) is 5.69 Å². The maximum atomic E-state index is 10.8. The molecule has 2 rings (SSSR count). The number of nitrogens with one attached hydrogen (secondary N) is 1. The van der Waals surface area contributed by atoms with Crippen LogP contribution in [0, 0.1) is 16.7 Å². The van der Waals surface area contributed by atoms with Gasteiger partial charge in [-0.1, -0.05) is 27.7 Å². The molecule has 1 fully saturated rings. The number of aromatic carboxylic acids is 1. The van der Waals surface area contributed by atoms with Crippen molar-refractivity contribution >= 4 is 11.7 Å². The van der Waals surface area contributed by atoms with Crippen LogP contribution in [0.5, 0.6) is 0 Å². The zero-order valence-electron chi connectivity index (χ0n) is 11.3. The fourth-order valence-electron chi connectivity index (χ4n) is 2.72. The number of aromatic nitrogens is 1. The van der Waals surface area contributed by atoms with Gasteiger partial charge in [0.15, 0.2) is 0 Å². The first-order chi connectivity index (χ1) is 8.26. The van der Waals surface area contributed by atoms with Crippen LogP contribution in [-0.4, -0.2) is 22.6 Å². The molecule has 1 aliphatic carbocycles. The molecule has 98 valence electrons. The van der Waals surface area contributed by atoms with E-state index in [2.05, 4.69) is 38.0 Å². The van der Waals surface area contributed by atoms with E-state index in [1.165, 1.54) is 6.20 Å². The Morgan fingerprint density at radius 1 is 1.39 bits per heavy atom. The number of hydrogen-bond acceptors (Lipinski definition) is 3. The highest BCUT2D eigenvalue weighted by Crippen LogP contribution is 2.68. The van der Waals surface area contributed by atoms with E-state index in [0.717, 1.165) is 12.2 Å². The minimum Gasteiger partial charge on any atom is -0.477 e. The largest absolute Gasteiger partial charge is 0.477 e. The first kappa shape index (κ1) is 12.9. The van der Waals surface area contributed by atoms with E-state index < -0.39 is 5.97 Å². The Morgan fingerprint density at radius 2 is 2.00 bits per heavy atom. The third-order valence-corrected chi connectivity index (χ3v) is 4.81. The second-order valence-corrected chi connectivity index (χ2v) is 6.11. The first-order valence-corrected chi connectivity index (χ1v) is 6.20. The predicted octanol–water partition coefficient (Wildman–Crippen LogP) is 2.87. The van der Waals surface area contributed by atoms with Gasteiger partial charge >= 0.3 is 5.97 Å². The van der Waals surface area contributed by atoms with Gasteiger partial charge in [-0.05, 0) is 28.9 Å². The van der Waals surface area contributed by atoms with Crippen molar-refractivity contribution in [3.05, 3.63) is 24.0 Å². The van der Waals surface area contributed by atoms with Gasteiger partial charge in [-0.3, -0.25) is 0 Å². The van der Waals surface area contributed by atoms with Crippen LogP contribution in [0.3, 0.4) is 0 Å². The van der Waals surface area contributed by atoms with Gasteiger partial charge in [-0.25, -0.2) is 9.78 Å². The quantitative estimate of drug-likeness (QED) is 0.860. The molecule has 1 aliphatic rings. The van der Waals surface area contributed by atoms with Crippen molar-refractivity contribution < 1.29 is 9.90 Å². The molecule has 0 spiro atoms. The Bertz CT molecular complexity index is 466. The molecule has 0 amide bonds. The molecule has 0 aliphatic heterocycles. The van der Waals surface area contributed by atoms with Gasteiger partial charge in [0.25, 0.3) is 0 Å². The maximum Gasteiger partial charge on any atom is 0.354 e. The fraction of sp³-hybridized carbons (Fsp3) is 0.571. The van der Waals surface area contributed by atoms with Crippen LogP contribution in [0.4, 0.5) is 5.69 Å². The van der Waals surface area contributed by atoms with E-state index in [1.54, 1.807) is 12.1 Å². The lowest BCUT2D eigenvalue weighted by Crippen LogP contribution is -2.09. The van der Waals surface area contributed by atoms with E-state index in [4.69, 9.17) is 5.11 Å². The average Bonchev–Trinajstić information content (AvgIpc) is 2.67. The van der Waals surface area contributed by atoms with Crippen LogP contribution in [0.2, 0.25) is 0 Å². The number of carboxylic acids is 1. The Hall–Kier alpha value is -1.58. The molecule has 0 bridgehead atoms. The fourth-order valence-corrected chi connectivity index (χ4v) is 2.72. The van der Waals surface area contributed by atoms with Gasteiger partial charge in [0.1, 0.15) is 5.69 Å². The number of anilines is 1. The number of nitrogens with zero attached hydrogens (tertiary/aromatic N) is 1. The summed E-state index contributed by atoms with van der Waals surface area (Å²) in [6.45, 7) is 9.95. The summed E-state index contributed by atoms with van der Waals surface area (Å²) >= 11 is 0. The van der Waals surface area contributed by atoms with Crippen LogP contribution < -0.4 is 5.32 Å². The van der Waals surface area contributed by atoms with E-state index in [9.17, 15) is 4.79 Å². The Balaban J connectivity index is 2.00. The molecular formula is C14H20N2O2. The molecule has 4 nitrogen and oxygen atoms in total. The maximum absolute atomic E-state index is 10.8. The van der Waals surface area contributed by atoms with Crippen molar-refractivity contribution in [3.8, 4) is 0 Å². The molecule has 0 saturated heterocycles. The van der Waals surface area contributed by atoms with Crippen molar-refractivity contribution in [1.82, 2.24) is 4.98 Å². The van der Waals surface area contributed by atoms with Crippen LogP contribution >= 0.6 is 0 Å². The first-order valence-electron chi connectivity index (χ1n) is 6.20. The van der Waals surface area contributed by atoms with Gasteiger partial charge in [0, 0.05) is 18.4 Å². The van der Waals surface area contributed by atoms with Crippen LogP contribution in [0.15, 0.2) is 18.3 Å². The van der Waals surface area contributed by atoms with Crippen LogP contribution in [-0.2, 0) is 0 Å². The average molecular weight is 248 g/mol. The molecule has 0 radical (unpaired) electrons. The minimum absolute atomic E-state index is 0.0781. The van der Waals surface area contributed by atoms with Crippen molar-refractivity contribution in [2.45, 2.75) is 27.7 Å². The zero-order valence-corrected chi connectivity index (χ0v) is 11.3. The summed E-state index contributed by atoms with van der Waals surface area (Å²) in [6.07, 6.45) is 1.52. The van der Waals surface area contributed by atoms with Crippen molar-refractivity contribution in [2.75, 3.05) is 11.9 Å². The molecule has 1 aromatic rings. The van der Waals surface area contributed by atoms with E-state index in [0.29, 0.717) is 16.7 Å². The van der Waals surface area contributed by atoms with Gasteiger partial charge in [-0.15, -0.1) is 0 Å². The number of carboxylic acid groups (broad SMARTS) is 1. The van der Waals surface area contributed by atoms with Gasteiger partial charge in [-0.2, -0.15) is 0 Å². The summed E-state index contributed by atoms with van der Waals surface area (Å²) in [5.74, 6) is -0.392. The molecule has 2 N–H and O–H groups in total. The summed E-state index contributed by atoms with van der Waals surface area (Å²) in [5, 5.41) is 12.2. The minimum atomic E-state index is -0.995. The van der Waals surface area contributed by atoms with Gasteiger partial charge < -0.3 is 10.4 Å². The SMILES string of the molecule is CC1(C)C(CNc2ccnc(C(=O)O)c2)C1(C)C. The second kappa shape index (κ2) is 3.97. The number of carbonyl (C=O) groups is 1. The smallest absolute Gasteiger partial charge is 0.354 e. The van der Waals surface area contributed by atoms with Gasteiger partial charge in [0.2, 0.25) is 0 Å². The summed E-state index contributed by atoms with van der Waals surface area (Å²) in [4.78, 5) is 14.6. The number of hydrogen-bond donors (Lipinski definition) is 2. The lowest BCUT2D eigenvalue weighted by molar-refractivity contribution is 0.0690. The lowest BCUT2D eigenvalue weighted by Gasteiger charge is -2.07. The zero-order chi connectivity index (χ0) is 13.6. The van der Waals surface area contributed by atoms with E-state index >= 15 is 0 Å². The normalized spacial score (nSPS) is 20.4. The third-order valence-electron chi connectivity index (χ3n) is 4.81. The Kier molecular flexibility index (Phi) is 2.84. The highest BCUT2D eigenvalue weighted by Gasteiger charge is 2.63. The second-order valence-electron chi connectivity index (χ2n) is 6.11.